The number of carbonyl (C=O) groups excluding carboxylic acids is 2. The van der Waals surface area contributed by atoms with Crippen LogP contribution in [0.5, 0.6) is 0 Å². The SMILES string of the molecule is CCNS(=O)(=O)c1ccc(C(=O)OCC(=O)NCC(C)C)cc1. The van der Waals surface area contributed by atoms with E-state index in [-0.39, 0.29) is 29.5 Å². The first kappa shape index (κ1) is 19.1. The van der Waals surface area contributed by atoms with Gasteiger partial charge in [-0.2, -0.15) is 0 Å². The van der Waals surface area contributed by atoms with E-state index in [1.807, 2.05) is 13.8 Å². The third-order valence-corrected chi connectivity index (χ3v) is 4.34. The van der Waals surface area contributed by atoms with Gasteiger partial charge in [-0.1, -0.05) is 20.8 Å². The molecule has 0 atom stereocenters. The molecule has 0 unspecified atom stereocenters. The van der Waals surface area contributed by atoms with Crippen molar-refractivity contribution < 1.29 is 22.7 Å². The van der Waals surface area contributed by atoms with Crippen molar-refractivity contribution in [3.05, 3.63) is 29.8 Å². The van der Waals surface area contributed by atoms with Gasteiger partial charge in [-0.15, -0.1) is 0 Å². The van der Waals surface area contributed by atoms with Crippen LogP contribution >= 0.6 is 0 Å². The first-order valence-corrected chi connectivity index (χ1v) is 8.78. The van der Waals surface area contributed by atoms with Crippen LogP contribution in [0.3, 0.4) is 0 Å². The third kappa shape index (κ3) is 6.37. The van der Waals surface area contributed by atoms with Gasteiger partial charge >= 0.3 is 5.97 Å². The number of carbonyl (C=O) groups is 2. The monoisotopic (exact) mass is 342 g/mol. The second-order valence-corrected chi connectivity index (χ2v) is 7.07. The van der Waals surface area contributed by atoms with Gasteiger partial charge in [0.1, 0.15) is 0 Å². The largest absolute Gasteiger partial charge is 0.452 e. The molecule has 0 bridgehead atoms. The Morgan fingerprint density at radius 2 is 1.78 bits per heavy atom. The molecule has 0 fully saturated rings. The van der Waals surface area contributed by atoms with Crippen molar-refractivity contribution in [1.82, 2.24) is 10.0 Å². The van der Waals surface area contributed by atoms with Crippen molar-refractivity contribution in [2.24, 2.45) is 5.92 Å². The lowest BCUT2D eigenvalue weighted by Crippen LogP contribution is -2.31. The molecule has 0 aliphatic rings. The summed E-state index contributed by atoms with van der Waals surface area (Å²) < 4.78 is 30.8. The number of amides is 1. The average molecular weight is 342 g/mol. The second kappa shape index (κ2) is 8.64. The number of benzene rings is 1. The van der Waals surface area contributed by atoms with Crippen molar-refractivity contribution in [3.8, 4) is 0 Å². The number of sulfonamides is 1. The molecule has 128 valence electrons. The van der Waals surface area contributed by atoms with Crippen molar-refractivity contribution >= 4 is 21.9 Å². The Labute approximate surface area is 136 Å². The Bertz CT molecular complexity index is 638. The molecule has 0 saturated heterocycles. The number of esters is 1. The van der Waals surface area contributed by atoms with Gasteiger partial charge in [0.2, 0.25) is 10.0 Å². The molecule has 1 aromatic carbocycles. The van der Waals surface area contributed by atoms with Gasteiger partial charge in [0.05, 0.1) is 10.5 Å². The Balaban J connectivity index is 2.60. The van der Waals surface area contributed by atoms with Gasteiger partial charge in [-0.25, -0.2) is 17.9 Å². The first-order valence-electron chi connectivity index (χ1n) is 7.29. The van der Waals surface area contributed by atoms with Crippen molar-refractivity contribution in [2.75, 3.05) is 19.7 Å². The topological polar surface area (TPSA) is 102 Å². The highest BCUT2D eigenvalue weighted by Crippen LogP contribution is 2.11. The van der Waals surface area contributed by atoms with E-state index < -0.39 is 16.0 Å². The summed E-state index contributed by atoms with van der Waals surface area (Å²) in [7, 11) is -3.56. The molecule has 0 aliphatic carbocycles. The molecule has 23 heavy (non-hydrogen) atoms. The number of nitrogens with one attached hydrogen (secondary N) is 2. The molecule has 1 rings (SSSR count). The van der Waals surface area contributed by atoms with E-state index >= 15 is 0 Å². The average Bonchev–Trinajstić information content (AvgIpc) is 2.50. The molecule has 0 radical (unpaired) electrons. The summed E-state index contributed by atoms with van der Waals surface area (Å²) in [5, 5.41) is 2.63. The molecular weight excluding hydrogens is 320 g/mol. The van der Waals surface area contributed by atoms with Gasteiger partial charge < -0.3 is 10.1 Å². The summed E-state index contributed by atoms with van der Waals surface area (Å²) in [6.07, 6.45) is 0. The third-order valence-electron chi connectivity index (χ3n) is 2.78. The van der Waals surface area contributed by atoms with Gasteiger partial charge in [-0.05, 0) is 30.2 Å². The molecule has 0 aliphatic heterocycles. The summed E-state index contributed by atoms with van der Waals surface area (Å²) >= 11 is 0. The smallest absolute Gasteiger partial charge is 0.338 e. The number of ether oxygens (including phenoxy) is 1. The van der Waals surface area contributed by atoms with Crippen LogP contribution in [0.25, 0.3) is 0 Å². The van der Waals surface area contributed by atoms with Crippen LogP contribution in [-0.2, 0) is 19.6 Å². The van der Waals surface area contributed by atoms with Gasteiger partial charge in [0.15, 0.2) is 6.61 Å². The van der Waals surface area contributed by atoms with Gasteiger partial charge in [0, 0.05) is 13.1 Å². The zero-order valence-corrected chi connectivity index (χ0v) is 14.3. The number of rotatable bonds is 8. The summed E-state index contributed by atoms with van der Waals surface area (Å²) in [5.74, 6) is -0.753. The first-order chi connectivity index (χ1) is 10.8. The summed E-state index contributed by atoms with van der Waals surface area (Å²) in [5.41, 5.74) is 0.178. The predicted octanol–water partition coefficient (Wildman–Crippen LogP) is 0.914. The van der Waals surface area contributed by atoms with Crippen LogP contribution in [-0.4, -0.2) is 40.0 Å². The van der Waals surface area contributed by atoms with Gasteiger partial charge in [0.25, 0.3) is 5.91 Å². The van der Waals surface area contributed by atoms with Crippen molar-refractivity contribution in [3.63, 3.8) is 0 Å². The molecule has 1 amide bonds. The van der Waals surface area contributed by atoms with Crippen LogP contribution < -0.4 is 10.0 Å². The maximum absolute atomic E-state index is 11.8. The summed E-state index contributed by atoms with van der Waals surface area (Å²) in [6, 6.07) is 5.32. The number of hydrogen-bond donors (Lipinski definition) is 2. The van der Waals surface area contributed by atoms with Gasteiger partial charge in [-0.3, -0.25) is 4.79 Å². The summed E-state index contributed by atoms with van der Waals surface area (Å²) in [4.78, 5) is 23.3. The quantitative estimate of drug-likeness (QED) is 0.684. The van der Waals surface area contributed by atoms with Crippen molar-refractivity contribution in [2.45, 2.75) is 25.7 Å². The standard InChI is InChI=1S/C15H22N2O5S/c1-4-17-23(20,21)13-7-5-12(6-8-13)15(19)22-10-14(18)16-9-11(2)3/h5-8,11,17H,4,9-10H2,1-3H3,(H,16,18). The number of hydrogen-bond acceptors (Lipinski definition) is 5. The van der Waals surface area contributed by atoms with E-state index in [1.54, 1.807) is 6.92 Å². The Morgan fingerprint density at radius 3 is 2.30 bits per heavy atom. The molecule has 0 saturated carbocycles. The van der Waals surface area contributed by atoms with E-state index in [0.29, 0.717) is 12.5 Å². The Morgan fingerprint density at radius 1 is 1.17 bits per heavy atom. The molecule has 8 heteroatoms. The molecule has 0 aromatic heterocycles. The molecule has 0 spiro atoms. The lowest BCUT2D eigenvalue weighted by Gasteiger charge is -2.09. The molecule has 1 aromatic rings. The minimum atomic E-state index is -3.56. The van der Waals surface area contributed by atoms with Crippen LogP contribution in [0.15, 0.2) is 29.2 Å². The summed E-state index contributed by atoms with van der Waals surface area (Å²) in [6.45, 7) is 5.99. The molecule has 0 heterocycles. The highest BCUT2D eigenvalue weighted by Gasteiger charge is 2.15. The minimum Gasteiger partial charge on any atom is -0.452 e. The highest BCUT2D eigenvalue weighted by molar-refractivity contribution is 7.89. The van der Waals surface area contributed by atoms with Crippen LogP contribution in [0, 0.1) is 5.92 Å². The molecule has 7 nitrogen and oxygen atoms in total. The minimum absolute atomic E-state index is 0.0607. The maximum atomic E-state index is 11.8. The Hall–Kier alpha value is -1.93. The molecular formula is C15H22N2O5S. The van der Waals surface area contributed by atoms with Crippen LogP contribution in [0.2, 0.25) is 0 Å². The fourth-order valence-corrected chi connectivity index (χ4v) is 2.67. The highest BCUT2D eigenvalue weighted by atomic mass is 32.2. The normalized spacial score (nSPS) is 11.3. The fraction of sp³-hybridized carbons (Fsp3) is 0.467. The molecule has 2 N–H and O–H groups in total. The van der Waals surface area contributed by atoms with Crippen LogP contribution in [0.4, 0.5) is 0 Å². The lowest BCUT2D eigenvalue weighted by molar-refractivity contribution is -0.124. The maximum Gasteiger partial charge on any atom is 0.338 e. The van der Waals surface area contributed by atoms with E-state index in [1.165, 1.54) is 24.3 Å². The fourth-order valence-electron chi connectivity index (χ4n) is 1.63. The van der Waals surface area contributed by atoms with E-state index in [4.69, 9.17) is 4.74 Å². The van der Waals surface area contributed by atoms with Crippen LogP contribution in [0.1, 0.15) is 31.1 Å². The van der Waals surface area contributed by atoms with E-state index in [9.17, 15) is 18.0 Å². The predicted molar refractivity (Wildman–Crippen MR) is 85.4 cm³/mol. The van der Waals surface area contributed by atoms with E-state index in [0.717, 1.165) is 0 Å². The Kier molecular flexibility index (Phi) is 7.18. The van der Waals surface area contributed by atoms with E-state index in [2.05, 4.69) is 10.0 Å². The van der Waals surface area contributed by atoms with Crippen molar-refractivity contribution in [1.29, 1.82) is 0 Å². The zero-order valence-electron chi connectivity index (χ0n) is 13.5. The second-order valence-electron chi connectivity index (χ2n) is 5.30. The zero-order chi connectivity index (χ0) is 17.5. The lowest BCUT2D eigenvalue weighted by atomic mass is 10.2.